The minimum Gasteiger partial charge on any atom is -0.111 e. The molecule has 0 amide bonds. The smallest absolute Gasteiger partial charge is 0.111 e. The summed E-state index contributed by atoms with van der Waals surface area (Å²) in [6, 6.07) is 3.02. The van der Waals surface area contributed by atoms with E-state index in [0.717, 1.165) is 0 Å². The minimum absolute atomic E-state index is 0.252. The lowest BCUT2D eigenvalue weighted by atomic mass is 10.6. The van der Waals surface area contributed by atoms with Crippen molar-refractivity contribution in [2.45, 2.75) is 30.7 Å². The molecule has 1 heterocycles. The van der Waals surface area contributed by atoms with Gasteiger partial charge in [0.15, 0.2) is 5.31 Å². The first-order valence-electron chi connectivity index (χ1n) is 3.48. The topological polar surface area (TPSA) is 0 Å². The molecule has 0 spiro atoms. The van der Waals surface area contributed by atoms with Crippen molar-refractivity contribution in [3.63, 3.8) is 0 Å². The molecule has 1 unspecified atom stereocenters. The van der Waals surface area contributed by atoms with Gasteiger partial charge < -0.3 is 0 Å². The van der Waals surface area contributed by atoms with Crippen molar-refractivity contribution in [3.8, 4) is 0 Å². The Hall–Kier alpha value is 1.39. The highest BCUT2D eigenvalue weighted by molar-refractivity contribution is 9.51. The standard InChI is InChI=1S/C5H12Br2Si2/c1-8-3-2-4-9(6,7)5-8/h8H,2-5H2,1H3. The molecule has 0 aromatic carbocycles. The van der Waals surface area contributed by atoms with Crippen LogP contribution in [-0.2, 0) is 0 Å². The number of rotatable bonds is 0. The van der Waals surface area contributed by atoms with Crippen LogP contribution in [0.2, 0.25) is 24.3 Å². The summed E-state index contributed by atoms with van der Waals surface area (Å²) in [6.45, 7) is 2.49. The monoisotopic (exact) mass is 286 g/mol. The van der Waals surface area contributed by atoms with E-state index < -0.39 is 5.31 Å². The van der Waals surface area contributed by atoms with Crippen LogP contribution in [-0.4, -0.2) is 14.1 Å². The van der Waals surface area contributed by atoms with Crippen LogP contribution in [0.3, 0.4) is 0 Å². The maximum atomic E-state index is 3.82. The molecule has 0 aliphatic carbocycles. The van der Waals surface area contributed by atoms with Crippen LogP contribution in [0, 0.1) is 0 Å². The number of halogens is 2. The van der Waals surface area contributed by atoms with Gasteiger partial charge in [-0.05, 0) is 11.7 Å². The molecule has 0 aromatic heterocycles. The lowest BCUT2D eigenvalue weighted by Crippen LogP contribution is -2.30. The Labute approximate surface area is 75.2 Å². The molecule has 0 saturated carbocycles. The number of hydrogen-bond donors (Lipinski definition) is 0. The first kappa shape index (κ1) is 8.49. The Bertz CT molecular complexity index is 105. The summed E-state index contributed by atoms with van der Waals surface area (Å²) >= 11 is 7.65. The zero-order valence-electron chi connectivity index (χ0n) is 5.66. The molecule has 0 nitrogen and oxygen atoms in total. The third-order valence-corrected chi connectivity index (χ3v) is 17.7. The van der Waals surface area contributed by atoms with E-state index in [9.17, 15) is 0 Å². The highest BCUT2D eigenvalue weighted by atomic mass is 79.9. The molecule has 0 N–H and O–H groups in total. The van der Waals surface area contributed by atoms with E-state index in [1.54, 1.807) is 11.7 Å². The summed E-state index contributed by atoms with van der Waals surface area (Å²) in [5.41, 5.74) is 1.55. The predicted molar refractivity (Wildman–Crippen MR) is 55.7 cm³/mol. The highest BCUT2D eigenvalue weighted by Gasteiger charge is 2.32. The van der Waals surface area contributed by atoms with Gasteiger partial charge in [0.25, 0.3) is 0 Å². The Morgan fingerprint density at radius 2 is 2.11 bits per heavy atom. The Kier molecular flexibility index (Phi) is 3.01. The zero-order valence-corrected chi connectivity index (χ0v) is 11.0. The van der Waals surface area contributed by atoms with Gasteiger partial charge >= 0.3 is 0 Å². The van der Waals surface area contributed by atoms with Crippen molar-refractivity contribution in [2.75, 3.05) is 0 Å². The molecule has 1 saturated heterocycles. The summed E-state index contributed by atoms with van der Waals surface area (Å²) in [5, 5.41) is -0.967. The van der Waals surface area contributed by atoms with E-state index in [4.69, 9.17) is 0 Å². The van der Waals surface area contributed by atoms with E-state index in [2.05, 4.69) is 37.1 Å². The van der Waals surface area contributed by atoms with Crippen LogP contribution in [0.15, 0.2) is 0 Å². The molecule has 1 fully saturated rings. The van der Waals surface area contributed by atoms with Gasteiger partial charge in [-0.25, -0.2) is 0 Å². The fourth-order valence-electron chi connectivity index (χ4n) is 1.42. The molecule has 0 radical (unpaired) electrons. The van der Waals surface area contributed by atoms with E-state index in [0.29, 0.717) is 0 Å². The fraction of sp³-hybridized carbons (Fsp3) is 1.00. The van der Waals surface area contributed by atoms with Crippen LogP contribution in [0.25, 0.3) is 0 Å². The van der Waals surface area contributed by atoms with Crippen molar-refractivity contribution in [1.29, 1.82) is 0 Å². The first-order chi connectivity index (χ1) is 4.10. The largest absolute Gasteiger partial charge is 0.198 e. The van der Waals surface area contributed by atoms with Crippen LogP contribution < -0.4 is 0 Å². The van der Waals surface area contributed by atoms with Gasteiger partial charge in [0, 0.05) is 8.80 Å². The molecule has 4 heteroatoms. The maximum absolute atomic E-state index is 3.82. The van der Waals surface area contributed by atoms with Gasteiger partial charge in [0.2, 0.25) is 0 Å². The van der Waals surface area contributed by atoms with Gasteiger partial charge in [-0.1, -0.05) is 19.0 Å². The summed E-state index contributed by atoms with van der Waals surface area (Å²) in [5.74, 6) is 0. The third kappa shape index (κ3) is 2.86. The second-order valence-corrected chi connectivity index (χ2v) is 22.0. The molecular formula is C5H12Br2Si2. The van der Waals surface area contributed by atoms with Crippen molar-refractivity contribution in [1.82, 2.24) is 0 Å². The van der Waals surface area contributed by atoms with Gasteiger partial charge in [0.1, 0.15) is 0 Å². The van der Waals surface area contributed by atoms with Crippen LogP contribution in [0.1, 0.15) is 6.42 Å². The zero-order chi connectivity index (χ0) is 6.91. The van der Waals surface area contributed by atoms with Gasteiger partial charge in [-0.15, -0.1) is 30.6 Å². The third-order valence-electron chi connectivity index (χ3n) is 1.89. The normalized spacial score (nSPS) is 34.3. The predicted octanol–water partition coefficient (Wildman–Crippen LogP) is 3.02. The Morgan fingerprint density at radius 3 is 2.44 bits per heavy atom. The molecule has 54 valence electrons. The van der Waals surface area contributed by atoms with Crippen LogP contribution >= 0.6 is 30.6 Å². The van der Waals surface area contributed by atoms with Gasteiger partial charge in [-0.2, -0.15) is 0 Å². The minimum atomic E-state index is -0.967. The van der Waals surface area contributed by atoms with Crippen molar-refractivity contribution in [3.05, 3.63) is 0 Å². The SMILES string of the molecule is C[SiH]1CCC[Si](Br)(Br)C1. The molecule has 0 bridgehead atoms. The number of hydrogen-bond acceptors (Lipinski definition) is 0. The van der Waals surface area contributed by atoms with Gasteiger partial charge in [0.05, 0.1) is 0 Å². The Morgan fingerprint density at radius 1 is 1.44 bits per heavy atom. The summed E-state index contributed by atoms with van der Waals surface area (Å²) in [6.07, 6.45) is 1.48. The summed E-state index contributed by atoms with van der Waals surface area (Å²) in [4.78, 5) is 0. The average molecular weight is 288 g/mol. The summed E-state index contributed by atoms with van der Waals surface area (Å²) in [7, 11) is -0.252. The lowest BCUT2D eigenvalue weighted by molar-refractivity contribution is 1.02. The quantitative estimate of drug-likeness (QED) is 0.475. The molecule has 1 rings (SSSR count). The van der Waals surface area contributed by atoms with E-state index in [1.165, 1.54) is 12.5 Å². The fourth-order valence-corrected chi connectivity index (χ4v) is 20.8. The molecule has 1 aliphatic heterocycles. The highest BCUT2D eigenvalue weighted by Crippen LogP contribution is 2.37. The Balaban J connectivity index is 2.41. The molecular weight excluding hydrogens is 276 g/mol. The van der Waals surface area contributed by atoms with E-state index in [1.807, 2.05) is 0 Å². The van der Waals surface area contributed by atoms with Crippen LogP contribution in [0.4, 0.5) is 0 Å². The van der Waals surface area contributed by atoms with E-state index in [-0.39, 0.29) is 8.80 Å². The second-order valence-electron chi connectivity index (χ2n) is 3.06. The van der Waals surface area contributed by atoms with Crippen molar-refractivity contribution >= 4 is 44.7 Å². The molecule has 9 heavy (non-hydrogen) atoms. The van der Waals surface area contributed by atoms with Crippen LogP contribution in [0.5, 0.6) is 0 Å². The molecule has 0 aromatic rings. The van der Waals surface area contributed by atoms with Gasteiger partial charge in [-0.3, -0.25) is 0 Å². The summed E-state index contributed by atoms with van der Waals surface area (Å²) < 4.78 is 0. The molecule has 1 aliphatic rings. The maximum Gasteiger partial charge on any atom is 0.198 e. The van der Waals surface area contributed by atoms with Crippen molar-refractivity contribution in [2.24, 2.45) is 0 Å². The van der Waals surface area contributed by atoms with Crippen molar-refractivity contribution < 1.29 is 0 Å². The first-order valence-corrected chi connectivity index (χ1v) is 13.2. The molecule has 1 atom stereocenters. The lowest BCUT2D eigenvalue weighted by Gasteiger charge is -2.26. The second kappa shape index (κ2) is 3.19. The average Bonchev–Trinajstić information content (AvgIpc) is 1.60. The van der Waals surface area contributed by atoms with E-state index >= 15 is 0 Å².